The summed E-state index contributed by atoms with van der Waals surface area (Å²) in [6.07, 6.45) is 3.06. The molecule has 0 radical (unpaired) electrons. The summed E-state index contributed by atoms with van der Waals surface area (Å²) >= 11 is 0. The molecule has 0 bridgehead atoms. The van der Waals surface area contributed by atoms with E-state index in [0.717, 1.165) is 34.7 Å². The second kappa shape index (κ2) is 12.7. The number of carboxylic acid groups (broad SMARTS) is 1. The predicted molar refractivity (Wildman–Crippen MR) is 143 cm³/mol. The number of piperidine rings is 1. The van der Waals surface area contributed by atoms with Gasteiger partial charge in [0.15, 0.2) is 0 Å². The molecular formula is C29H35F2N3O5. The maximum absolute atomic E-state index is 13.4. The third-order valence-electron chi connectivity index (χ3n) is 7.66. The summed E-state index contributed by atoms with van der Waals surface area (Å²) in [6.45, 7) is 2.34. The minimum Gasteiger partial charge on any atom is -0.497 e. The van der Waals surface area contributed by atoms with E-state index in [1.807, 2.05) is 18.2 Å². The van der Waals surface area contributed by atoms with Crippen LogP contribution in [0.3, 0.4) is 0 Å². The van der Waals surface area contributed by atoms with Crippen molar-refractivity contribution in [1.82, 2.24) is 9.88 Å². The summed E-state index contributed by atoms with van der Waals surface area (Å²) in [5.74, 6) is -1.47. The van der Waals surface area contributed by atoms with E-state index in [9.17, 15) is 23.8 Å². The molecule has 4 N–H and O–H groups in total. The monoisotopic (exact) mass is 543 g/mol. The minimum atomic E-state index is -0.865. The summed E-state index contributed by atoms with van der Waals surface area (Å²) in [5, 5.41) is 21.8. The largest absolute Gasteiger partial charge is 0.497 e. The molecule has 1 saturated heterocycles. The number of nitrogens with two attached hydrogens (primary N) is 1. The average Bonchev–Trinajstić information content (AvgIpc) is 2.91. The number of fused-ring (bicyclic) bond motifs is 1. The first-order valence-corrected chi connectivity index (χ1v) is 13.1. The molecule has 210 valence electrons. The number of methoxy groups -OCH3 is 1. The highest BCUT2D eigenvalue weighted by atomic mass is 19.1. The molecular weight excluding hydrogens is 508 g/mol. The van der Waals surface area contributed by atoms with Gasteiger partial charge in [-0.3, -0.25) is 14.7 Å². The van der Waals surface area contributed by atoms with E-state index in [1.165, 1.54) is 0 Å². The summed E-state index contributed by atoms with van der Waals surface area (Å²) in [5.41, 5.74) is 7.68. The van der Waals surface area contributed by atoms with Crippen LogP contribution in [0.1, 0.15) is 49.3 Å². The van der Waals surface area contributed by atoms with Gasteiger partial charge < -0.3 is 25.4 Å². The number of aromatic nitrogens is 1. The van der Waals surface area contributed by atoms with E-state index in [4.69, 9.17) is 15.2 Å². The minimum absolute atomic E-state index is 0.0152. The first kappa shape index (κ1) is 28.7. The number of hydrogen-bond acceptors (Lipinski definition) is 7. The maximum Gasteiger partial charge on any atom is 0.303 e. The molecule has 3 aromatic rings. The number of benzene rings is 2. The van der Waals surface area contributed by atoms with Crippen LogP contribution in [-0.2, 0) is 11.3 Å². The van der Waals surface area contributed by atoms with Crippen molar-refractivity contribution in [1.29, 1.82) is 0 Å². The molecule has 1 atom stereocenters. The van der Waals surface area contributed by atoms with Crippen molar-refractivity contribution in [2.45, 2.75) is 44.8 Å². The highest BCUT2D eigenvalue weighted by Gasteiger charge is 2.37. The molecule has 0 amide bonds. The number of likely N-dealkylation sites (tertiary alicyclic amines) is 1. The molecule has 4 rings (SSSR count). The van der Waals surface area contributed by atoms with Gasteiger partial charge in [0, 0.05) is 42.9 Å². The first-order chi connectivity index (χ1) is 18.7. The zero-order valence-corrected chi connectivity index (χ0v) is 22.0. The Morgan fingerprint density at radius 2 is 1.87 bits per heavy atom. The Labute approximate surface area is 226 Å². The topological polar surface area (TPSA) is 118 Å². The van der Waals surface area contributed by atoms with Gasteiger partial charge in [0.1, 0.15) is 29.7 Å². The van der Waals surface area contributed by atoms with Crippen molar-refractivity contribution in [3.8, 4) is 11.5 Å². The molecule has 1 unspecified atom stereocenters. The zero-order valence-electron chi connectivity index (χ0n) is 22.0. The Balaban J connectivity index is 1.40. The van der Waals surface area contributed by atoms with Gasteiger partial charge in [-0.1, -0.05) is 0 Å². The molecule has 1 fully saturated rings. The fourth-order valence-electron chi connectivity index (χ4n) is 5.50. The van der Waals surface area contributed by atoms with Gasteiger partial charge in [0.2, 0.25) is 0 Å². The van der Waals surface area contributed by atoms with Crippen LogP contribution in [0.25, 0.3) is 10.9 Å². The second-order valence-electron chi connectivity index (χ2n) is 10.2. The van der Waals surface area contributed by atoms with Gasteiger partial charge in [0.05, 0.1) is 25.2 Å². The fourth-order valence-corrected chi connectivity index (χ4v) is 5.50. The Morgan fingerprint density at radius 1 is 1.15 bits per heavy atom. The van der Waals surface area contributed by atoms with E-state index >= 15 is 0 Å². The third kappa shape index (κ3) is 7.20. The molecule has 8 nitrogen and oxygen atoms in total. The quantitative estimate of drug-likeness (QED) is 0.307. The van der Waals surface area contributed by atoms with E-state index in [2.05, 4.69) is 9.88 Å². The number of halogens is 2. The van der Waals surface area contributed by atoms with E-state index in [-0.39, 0.29) is 25.3 Å². The Kier molecular flexibility index (Phi) is 9.32. The lowest BCUT2D eigenvalue weighted by molar-refractivity contribution is -0.141. The fraction of sp³-hybridized carbons (Fsp3) is 0.448. The lowest BCUT2D eigenvalue weighted by atomic mass is 9.71. The molecule has 0 saturated carbocycles. The van der Waals surface area contributed by atoms with Crippen LogP contribution in [0, 0.1) is 17.0 Å². The van der Waals surface area contributed by atoms with E-state index < -0.39 is 29.1 Å². The molecule has 1 aromatic heterocycles. The van der Waals surface area contributed by atoms with Crippen molar-refractivity contribution in [2.24, 2.45) is 11.1 Å². The normalized spacial score (nSPS) is 16.2. The lowest BCUT2D eigenvalue weighted by Gasteiger charge is -2.41. The van der Waals surface area contributed by atoms with Crippen LogP contribution in [0.4, 0.5) is 8.78 Å². The zero-order chi connectivity index (χ0) is 28.0. The highest BCUT2D eigenvalue weighted by Crippen LogP contribution is 2.42. The van der Waals surface area contributed by atoms with Crippen LogP contribution in [0.15, 0.2) is 42.6 Å². The number of nitrogens with zero attached hydrogens (tertiary/aromatic N) is 2. The lowest BCUT2D eigenvalue weighted by Crippen LogP contribution is -2.42. The summed E-state index contributed by atoms with van der Waals surface area (Å²) in [7, 11) is 1.58. The SMILES string of the molecule is COc1ccc2ncc(CN)c(C(O)CCC3(CC(=O)O)CCN(CCOc4cc(F)cc(F)c4)CC3)c2c1. The number of carboxylic acids is 1. The Bertz CT molecular complexity index is 1270. The number of aliphatic hydroxyl groups is 1. The molecule has 0 spiro atoms. The maximum atomic E-state index is 13.4. The predicted octanol–water partition coefficient (Wildman–Crippen LogP) is 4.43. The van der Waals surface area contributed by atoms with Gasteiger partial charge >= 0.3 is 5.97 Å². The van der Waals surface area contributed by atoms with Crippen molar-refractivity contribution < 1.29 is 33.3 Å². The van der Waals surface area contributed by atoms with E-state index in [0.29, 0.717) is 56.6 Å². The summed E-state index contributed by atoms with van der Waals surface area (Å²) < 4.78 is 37.6. The van der Waals surface area contributed by atoms with Gasteiger partial charge in [-0.15, -0.1) is 0 Å². The highest BCUT2D eigenvalue weighted by molar-refractivity contribution is 5.85. The van der Waals surface area contributed by atoms with Gasteiger partial charge in [0.25, 0.3) is 0 Å². The summed E-state index contributed by atoms with van der Waals surface area (Å²) in [4.78, 5) is 18.4. The number of aliphatic carboxylic acids is 1. The molecule has 1 aliphatic heterocycles. The van der Waals surface area contributed by atoms with Crippen molar-refractivity contribution >= 4 is 16.9 Å². The van der Waals surface area contributed by atoms with Crippen molar-refractivity contribution in [3.05, 3.63) is 65.4 Å². The van der Waals surface area contributed by atoms with Gasteiger partial charge in [-0.05, 0) is 73.5 Å². The number of hydrogen-bond donors (Lipinski definition) is 3. The van der Waals surface area contributed by atoms with Crippen LogP contribution < -0.4 is 15.2 Å². The number of ether oxygens (including phenoxy) is 2. The van der Waals surface area contributed by atoms with Crippen LogP contribution >= 0.6 is 0 Å². The van der Waals surface area contributed by atoms with Crippen LogP contribution in [-0.4, -0.2) is 59.4 Å². The standard InChI is InChI=1S/C29H35F2N3O5/c1-38-22-2-3-25-24(15-22)28(19(17-32)18-33-25)26(35)4-5-29(16-27(36)37)6-8-34(9-7-29)10-11-39-23-13-20(30)12-21(31)14-23/h2-3,12-15,18,26,35H,4-11,16-17,32H2,1H3,(H,36,37). The van der Waals surface area contributed by atoms with Crippen LogP contribution in [0.5, 0.6) is 11.5 Å². The first-order valence-electron chi connectivity index (χ1n) is 13.1. The molecule has 2 aromatic carbocycles. The smallest absolute Gasteiger partial charge is 0.303 e. The number of carbonyl (C=O) groups is 1. The van der Waals surface area contributed by atoms with Crippen molar-refractivity contribution in [2.75, 3.05) is 33.4 Å². The molecule has 1 aliphatic rings. The Hall–Kier alpha value is -3.34. The third-order valence-corrected chi connectivity index (χ3v) is 7.66. The number of rotatable bonds is 12. The van der Waals surface area contributed by atoms with Gasteiger partial charge in [-0.25, -0.2) is 8.78 Å². The van der Waals surface area contributed by atoms with Crippen molar-refractivity contribution in [3.63, 3.8) is 0 Å². The Morgan fingerprint density at radius 3 is 2.51 bits per heavy atom. The number of pyridine rings is 1. The molecule has 10 heteroatoms. The second-order valence-corrected chi connectivity index (χ2v) is 10.2. The average molecular weight is 544 g/mol. The number of aliphatic hydroxyl groups excluding tert-OH is 1. The molecule has 0 aliphatic carbocycles. The van der Waals surface area contributed by atoms with Gasteiger partial charge in [-0.2, -0.15) is 0 Å². The molecule has 2 heterocycles. The van der Waals surface area contributed by atoms with Crippen LogP contribution in [0.2, 0.25) is 0 Å². The summed E-state index contributed by atoms with van der Waals surface area (Å²) in [6, 6.07) is 8.56. The molecule has 39 heavy (non-hydrogen) atoms. The van der Waals surface area contributed by atoms with E-state index in [1.54, 1.807) is 13.3 Å².